The Hall–Kier alpha value is -0.860. The average molecular weight is 179 g/mol. The lowest BCUT2D eigenvalue weighted by molar-refractivity contribution is 0.0638. The van der Waals surface area contributed by atoms with Crippen molar-refractivity contribution in [1.29, 1.82) is 0 Å². The molecule has 0 aliphatic carbocycles. The maximum Gasteiger partial charge on any atom is 0.0948 e. The maximum atomic E-state index is 5.61. The Morgan fingerprint density at radius 2 is 2.00 bits per heavy atom. The minimum absolute atomic E-state index is 0.177. The second-order valence-corrected chi connectivity index (χ2v) is 2.91. The van der Waals surface area contributed by atoms with E-state index in [2.05, 4.69) is 17.4 Å². The third-order valence-corrected chi connectivity index (χ3v) is 1.93. The minimum Gasteiger partial charge on any atom is -0.372 e. The van der Waals surface area contributed by atoms with E-state index in [1.54, 1.807) is 0 Å². The number of hydrogen-bond acceptors (Lipinski definition) is 2. The predicted molar refractivity (Wildman–Crippen MR) is 54.7 cm³/mol. The molecule has 2 heteroatoms. The summed E-state index contributed by atoms with van der Waals surface area (Å²) >= 11 is 0. The van der Waals surface area contributed by atoms with Crippen LogP contribution in [0.25, 0.3) is 0 Å². The highest BCUT2D eigenvalue weighted by Crippen LogP contribution is 2.15. The second kappa shape index (κ2) is 5.73. The fourth-order valence-electron chi connectivity index (χ4n) is 1.33. The Kier molecular flexibility index (Phi) is 4.50. The Morgan fingerprint density at radius 1 is 1.31 bits per heavy atom. The van der Waals surface area contributed by atoms with Crippen LogP contribution < -0.4 is 5.32 Å². The zero-order valence-electron chi connectivity index (χ0n) is 8.29. The van der Waals surface area contributed by atoms with E-state index >= 15 is 0 Å². The standard InChI is InChI=1S/C11H17NO/c1-3-13-11(9-12-2)10-7-5-4-6-8-10/h4-8,11-12H,3,9H2,1-2H3/t11-/m1/s1. The first-order chi connectivity index (χ1) is 6.38. The van der Waals surface area contributed by atoms with Gasteiger partial charge in [-0.3, -0.25) is 0 Å². The molecular formula is C11H17NO. The van der Waals surface area contributed by atoms with Crippen LogP contribution >= 0.6 is 0 Å². The fraction of sp³-hybridized carbons (Fsp3) is 0.455. The normalized spacial score (nSPS) is 12.8. The molecule has 0 bridgehead atoms. The molecule has 0 amide bonds. The van der Waals surface area contributed by atoms with E-state index < -0.39 is 0 Å². The quantitative estimate of drug-likeness (QED) is 0.746. The molecule has 1 N–H and O–H groups in total. The molecule has 0 spiro atoms. The Morgan fingerprint density at radius 3 is 2.54 bits per heavy atom. The summed E-state index contributed by atoms with van der Waals surface area (Å²) in [5.74, 6) is 0. The van der Waals surface area contributed by atoms with Crippen molar-refractivity contribution >= 4 is 0 Å². The molecule has 0 radical (unpaired) electrons. The second-order valence-electron chi connectivity index (χ2n) is 2.91. The molecule has 0 aliphatic heterocycles. The number of ether oxygens (including phenoxy) is 1. The van der Waals surface area contributed by atoms with Crippen molar-refractivity contribution in [3.8, 4) is 0 Å². The monoisotopic (exact) mass is 179 g/mol. The molecule has 0 aromatic heterocycles. The molecule has 1 aromatic rings. The highest BCUT2D eigenvalue weighted by molar-refractivity contribution is 5.17. The topological polar surface area (TPSA) is 21.3 Å². The highest BCUT2D eigenvalue weighted by Gasteiger charge is 2.08. The van der Waals surface area contributed by atoms with Crippen LogP contribution in [-0.2, 0) is 4.74 Å². The SMILES string of the molecule is CCO[C@H](CNC)c1ccccc1. The molecule has 0 saturated heterocycles. The van der Waals surface area contributed by atoms with E-state index in [-0.39, 0.29) is 6.10 Å². The summed E-state index contributed by atoms with van der Waals surface area (Å²) in [6, 6.07) is 10.3. The first kappa shape index (κ1) is 10.2. The van der Waals surface area contributed by atoms with Gasteiger partial charge in [0.2, 0.25) is 0 Å². The Balaban J connectivity index is 2.64. The van der Waals surface area contributed by atoms with Gasteiger partial charge in [-0.25, -0.2) is 0 Å². The molecule has 0 heterocycles. The summed E-state index contributed by atoms with van der Waals surface area (Å²) in [5.41, 5.74) is 1.23. The van der Waals surface area contributed by atoms with Gasteiger partial charge in [-0.2, -0.15) is 0 Å². The lowest BCUT2D eigenvalue weighted by Gasteiger charge is -2.16. The van der Waals surface area contributed by atoms with Crippen LogP contribution in [0.2, 0.25) is 0 Å². The van der Waals surface area contributed by atoms with Crippen molar-refractivity contribution in [3.05, 3.63) is 35.9 Å². The van der Waals surface area contributed by atoms with Crippen molar-refractivity contribution in [2.45, 2.75) is 13.0 Å². The molecule has 0 unspecified atom stereocenters. The van der Waals surface area contributed by atoms with Crippen LogP contribution in [0.5, 0.6) is 0 Å². The first-order valence-electron chi connectivity index (χ1n) is 4.69. The minimum atomic E-state index is 0.177. The highest BCUT2D eigenvalue weighted by atomic mass is 16.5. The number of benzene rings is 1. The van der Waals surface area contributed by atoms with Gasteiger partial charge in [0.15, 0.2) is 0 Å². The smallest absolute Gasteiger partial charge is 0.0948 e. The molecular weight excluding hydrogens is 162 g/mol. The number of hydrogen-bond donors (Lipinski definition) is 1. The largest absolute Gasteiger partial charge is 0.372 e. The maximum absolute atomic E-state index is 5.61. The van der Waals surface area contributed by atoms with Gasteiger partial charge in [0.1, 0.15) is 0 Å². The van der Waals surface area contributed by atoms with Crippen molar-refractivity contribution in [3.63, 3.8) is 0 Å². The molecule has 1 aromatic carbocycles. The molecule has 2 nitrogen and oxygen atoms in total. The van der Waals surface area contributed by atoms with Gasteiger partial charge < -0.3 is 10.1 Å². The molecule has 72 valence electrons. The number of rotatable bonds is 5. The molecule has 1 atom stereocenters. The van der Waals surface area contributed by atoms with Crippen LogP contribution in [0, 0.1) is 0 Å². The summed E-state index contributed by atoms with van der Waals surface area (Å²) < 4.78 is 5.61. The van der Waals surface area contributed by atoms with Gasteiger partial charge in [0.25, 0.3) is 0 Å². The van der Waals surface area contributed by atoms with Gasteiger partial charge in [-0.15, -0.1) is 0 Å². The van der Waals surface area contributed by atoms with Gasteiger partial charge in [-0.05, 0) is 19.5 Å². The predicted octanol–water partition coefficient (Wildman–Crippen LogP) is 1.98. The molecule has 0 aliphatic rings. The Labute approximate surface area is 79.9 Å². The zero-order valence-corrected chi connectivity index (χ0v) is 8.29. The van der Waals surface area contributed by atoms with Crippen molar-refractivity contribution in [1.82, 2.24) is 5.32 Å². The van der Waals surface area contributed by atoms with E-state index in [0.29, 0.717) is 0 Å². The summed E-state index contributed by atoms with van der Waals surface area (Å²) in [4.78, 5) is 0. The van der Waals surface area contributed by atoms with Crippen LogP contribution in [0.3, 0.4) is 0 Å². The molecule has 13 heavy (non-hydrogen) atoms. The van der Waals surface area contributed by atoms with E-state index in [0.717, 1.165) is 13.2 Å². The van der Waals surface area contributed by atoms with Crippen LogP contribution in [0.15, 0.2) is 30.3 Å². The van der Waals surface area contributed by atoms with Gasteiger partial charge in [-0.1, -0.05) is 30.3 Å². The zero-order chi connectivity index (χ0) is 9.52. The third kappa shape index (κ3) is 3.17. The summed E-state index contributed by atoms with van der Waals surface area (Å²) in [6.45, 7) is 3.63. The van der Waals surface area contributed by atoms with E-state index in [1.165, 1.54) is 5.56 Å². The molecule has 0 fully saturated rings. The van der Waals surface area contributed by atoms with Gasteiger partial charge in [0.05, 0.1) is 6.10 Å². The molecule has 1 rings (SSSR count). The van der Waals surface area contributed by atoms with E-state index in [4.69, 9.17) is 4.74 Å². The third-order valence-electron chi connectivity index (χ3n) is 1.93. The number of likely N-dealkylation sites (N-methyl/N-ethyl adjacent to an activating group) is 1. The number of nitrogens with one attached hydrogen (secondary N) is 1. The average Bonchev–Trinajstić information content (AvgIpc) is 2.19. The van der Waals surface area contributed by atoms with E-state index in [1.807, 2.05) is 32.2 Å². The van der Waals surface area contributed by atoms with Gasteiger partial charge in [0, 0.05) is 13.2 Å². The van der Waals surface area contributed by atoms with E-state index in [9.17, 15) is 0 Å². The lowest BCUT2D eigenvalue weighted by Crippen LogP contribution is -2.19. The Bertz CT molecular complexity index is 217. The van der Waals surface area contributed by atoms with Crippen molar-refractivity contribution in [2.24, 2.45) is 0 Å². The van der Waals surface area contributed by atoms with Crippen LogP contribution in [0.4, 0.5) is 0 Å². The summed E-state index contributed by atoms with van der Waals surface area (Å²) in [7, 11) is 1.94. The fourth-order valence-corrected chi connectivity index (χ4v) is 1.33. The summed E-state index contributed by atoms with van der Waals surface area (Å²) in [5, 5.41) is 3.13. The van der Waals surface area contributed by atoms with Crippen LogP contribution in [-0.4, -0.2) is 20.2 Å². The summed E-state index contributed by atoms with van der Waals surface area (Å²) in [6.07, 6.45) is 0.177. The van der Waals surface area contributed by atoms with Gasteiger partial charge >= 0.3 is 0 Å². The van der Waals surface area contributed by atoms with Crippen LogP contribution in [0.1, 0.15) is 18.6 Å². The van der Waals surface area contributed by atoms with Crippen molar-refractivity contribution < 1.29 is 4.74 Å². The first-order valence-corrected chi connectivity index (χ1v) is 4.69. The molecule has 0 saturated carbocycles. The lowest BCUT2D eigenvalue weighted by atomic mass is 10.1. The van der Waals surface area contributed by atoms with Crippen molar-refractivity contribution in [2.75, 3.05) is 20.2 Å².